The topological polar surface area (TPSA) is 49.9 Å². The minimum absolute atomic E-state index is 0.337. The van der Waals surface area contributed by atoms with E-state index in [4.69, 9.17) is 28.0 Å². The van der Waals surface area contributed by atoms with Crippen LogP contribution in [0.2, 0.25) is 10.0 Å². The summed E-state index contributed by atoms with van der Waals surface area (Å²) in [5, 5.41) is 2.37. The second-order valence-electron chi connectivity index (χ2n) is 7.21. The van der Waals surface area contributed by atoms with E-state index in [0.717, 1.165) is 16.2 Å². The number of para-hydroxylation sites is 1. The maximum atomic E-state index is 13.5. The third kappa shape index (κ3) is 3.06. The first kappa shape index (κ1) is 19.1. The number of amides is 2. The van der Waals surface area contributed by atoms with Crippen molar-refractivity contribution in [1.82, 2.24) is 0 Å². The smallest absolute Gasteiger partial charge is 0.266 e. The molecule has 150 valence electrons. The van der Waals surface area contributed by atoms with Crippen LogP contribution in [0.15, 0.2) is 78.9 Å². The van der Waals surface area contributed by atoms with Crippen LogP contribution in [0.5, 0.6) is 0 Å². The highest BCUT2D eigenvalue weighted by Crippen LogP contribution is 2.47. The number of carbonyl (C=O) groups is 2. The lowest BCUT2D eigenvalue weighted by Gasteiger charge is -2.28. The SMILES string of the molecule is O=C1[C@H]2[C@H](ON(c3ccccc3)[C@H]2c2ccccc2)C(=O)N1c1cc(Cl)cc(Cl)c1. The molecule has 0 spiro atoms. The predicted molar refractivity (Wildman–Crippen MR) is 115 cm³/mol. The lowest BCUT2D eigenvalue weighted by molar-refractivity contribution is -0.126. The zero-order chi connectivity index (χ0) is 20.8. The molecule has 2 aliphatic heterocycles. The minimum atomic E-state index is -0.930. The maximum absolute atomic E-state index is 13.5. The second kappa shape index (κ2) is 7.43. The molecule has 0 unspecified atom stereocenters. The van der Waals surface area contributed by atoms with Crippen molar-refractivity contribution in [3.8, 4) is 0 Å². The number of hydroxylamine groups is 1. The number of carbonyl (C=O) groups excluding carboxylic acids is 2. The van der Waals surface area contributed by atoms with Gasteiger partial charge in [0.15, 0.2) is 6.10 Å². The van der Waals surface area contributed by atoms with E-state index < -0.39 is 24.0 Å². The molecular formula is C23H16Cl2N2O3. The monoisotopic (exact) mass is 438 g/mol. The number of nitrogens with zero attached hydrogens (tertiary/aromatic N) is 2. The zero-order valence-corrected chi connectivity index (χ0v) is 17.1. The number of benzene rings is 3. The third-order valence-corrected chi connectivity index (χ3v) is 5.81. The van der Waals surface area contributed by atoms with E-state index in [0.29, 0.717) is 15.7 Å². The Morgan fingerprint density at radius 3 is 1.97 bits per heavy atom. The molecule has 0 radical (unpaired) electrons. The lowest BCUT2D eigenvalue weighted by Crippen LogP contribution is -2.37. The minimum Gasteiger partial charge on any atom is -0.273 e. The average Bonchev–Trinajstić information content (AvgIpc) is 3.25. The van der Waals surface area contributed by atoms with Gasteiger partial charge in [-0.25, -0.2) is 9.96 Å². The molecule has 2 aliphatic rings. The molecule has 5 rings (SSSR count). The third-order valence-electron chi connectivity index (χ3n) is 5.37. The van der Waals surface area contributed by atoms with Crippen LogP contribution in [0.4, 0.5) is 11.4 Å². The number of imide groups is 1. The molecule has 0 saturated carbocycles. The van der Waals surface area contributed by atoms with Crippen LogP contribution in [0.25, 0.3) is 0 Å². The van der Waals surface area contributed by atoms with Crippen LogP contribution in [0.1, 0.15) is 11.6 Å². The van der Waals surface area contributed by atoms with Gasteiger partial charge in [-0.05, 0) is 35.9 Å². The highest BCUT2D eigenvalue weighted by molar-refractivity contribution is 6.35. The maximum Gasteiger partial charge on any atom is 0.266 e. The number of fused-ring (bicyclic) bond motifs is 1. The van der Waals surface area contributed by atoms with Gasteiger partial charge in [0.05, 0.1) is 17.4 Å². The van der Waals surface area contributed by atoms with E-state index in [-0.39, 0.29) is 5.91 Å². The molecule has 2 fully saturated rings. The Morgan fingerprint density at radius 2 is 1.33 bits per heavy atom. The van der Waals surface area contributed by atoms with Gasteiger partial charge in [0.1, 0.15) is 5.92 Å². The number of anilines is 2. The highest BCUT2D eigenvalue weighted by atomic mass is 35.5. The number of rotatable bonds is 3. The first-order valence-corrected chi connectivity index (χ1v) is 10.2. The number of hydrogen-bond donors (Lipinski definition) is 0. The predicted octanol–water partition coefficient (Wildman–Crippen LogP) is 5.04. The van der Waals surface area contributed by atoms with Crippen molar-refractivity contribution in [2.24, 2.45) is 5.92 Å². The second-order valence-corrected chi connectivity index (χ2v) is 8.08. The number of halogens is 2. The molecule has 30 heavy (non-hydrogen) atoms. The molecule has 2 amide bonds. The number of hydrogen-bond acceptors (Lipinski definition) is 4. The van der Waals surface area contributed by atoms with Gasteiger partial charge in [0.25, 0.3) is 5.91 Å². The summed E-state index contributed by atoms with van der Waals surface area (Å²) in [5.41, 5.74) is 2.01. The summed E-state index contributed by atoms with van der Waals surface area (Å²) < 4.78 is 0. The molecule has 3 aromatic carbocycles. The summed E-state index contributed by atoms with van der Waals surface area (Å²) in [6.45, 7) is 0. The van der Waals surface area contributed by atoms with Crippen LogP contribution in [-0.4, -0.2) is 17.9 Å². The van der Waals surface area contributed by atoms with Gasteiger partial charge in [0, 0.05) is 10.0 Å². The van der Waals surface area contributed by atoms with Crippen LogP contribution in [-0.2, 0) is 14.4 Å². The van der Waals surface area contributed by atoms with Crippen molar-refractivity contribution in [3.63, 3.8) is 0 Å². The Bertz CT molecular complexity index is 1100. The van der Waals surface area contributed by atoms with Crippen molar-refractivity contribution in [2.75, 3.05) is 9.96 Å². The van der Waals surface area contributed by atoms with Crippen molar-refractivity contribution in [1.29, 1.82) is 0 Å². The first-order valence-electron chi connectivity index (χ1n) is 9.44. The van der Waals surface area contributed by atoms with Gasteiger partial charge in [-0.3, -0.25) is 14.4 Å². The standard InChI is InChI=1S/C23H16Cl2N2O3/c24-15-11-16(25)13-18(12-15)26-22(28)19-20(14-7-3-1-4-8-14)27(30-21(19)23(26)29)17-9-5-2-6-10-17/h1-13,19-21H/t19-,20+,21+/m1/s1. The molecule has 7 heteroatoms. The first-order chi connectivity index (χ1) is 14.5. The fourth-order valence-electron chi connectivity index (χ4n) is 4.13. The average molecular weight is 439 g/mol. The molecule has 0 bridgehead atoms. The Kier molecular flexibility index (Phi) is 4.74. The molecule has 2 saturated heterocycles. The van der Waals surface area contributed by atoms with E-state index >= 15 is 0 Å². The summed E-state index contributed by atoms with van der Waals surface area (Å²) in [6, 6.07) is 23.2. The van der Waals surface area contributed by atoms with Gasteiger partial charge in [-0.15, -0.1) is 0 Å². The van der Waals surface area contributed by atoms with Gasteiger partial charge >= 0.3 is 0 Å². The van der Waals surface area contributed by atoms with E-state index in [1.165, 1.54) is 0 Å². The van der Waals surface area contributed by atoms with Gasteiger partial charge in [-0.1, -0.05) is 71.7 Å². The normalized spacial score (nSPS) is 23.2. The van der Waals surface area contributed by atoms with Crippen LogP contribution >= 0.6 is 23.2 Å². The van der Waals surface area contributed by atoms with Gasteiger partial charge in [0.2, 0.25) is 5.91 Å². The van der Waals surface area contributed by atoms with Crippen molar-refractivity contribution < 1.29 is 14.4 Å². The molecule has 5 nitrogen and oxygen atoms in total. The summed E-state index contributed by atoms with van der Waals surface area (Å²) in [6.07, 6.45) is -0.930. The summed E-state index contributed by atoms with van der Waals surface area (Å²) in [7, 11) is 0. The van der Waals surface area contributed by atoms with Crippen molar-refractivity contribution in [2.45, 2.75) is 12.1 Å². The molecule has 2 heterocycles. The molecule has 0 aliphatic carbocycles. The Balaban J connectivity index is 1.59. The lowest BCUT2D eigenvalue weighted by atomic mass is 9.90. The highest BCUT2D eigenvalue weighted by Gasteiger charge is 2.60. The molecular weight excluding hydrogens is 423 g/mol. The van der Waals surface area contributed by atoms with E-state index in [2.05, 4.69) is 0 Å². The molecule has 3 atom stereocenters. The molecule has 0 N–H and O–H groups in total. The van der Waals surface area contributed by atoms with Gasteiger partial charge in [-0.2, -0.15) is 0 Å². The Hall–Kier alpha value is -2.86. The molecule has 3 aromatic rings. The van der Waals surface area contributed by atoms with Crippen molar-refractivity contribution in [3.05, 3.63) is 94.5 Å². The summed E-state index contributed by atoms with van der Waals surface area (Å²) >= 11 is 12.2. The Morgan fingerprint density at radius 1 is 0.733 bits per heavy atom. The van der Waals surface area contributed by atoms with Gasteiger partial charge < -0.3 is 0 Å². The van der Waals surface area contributed by atoms with E-state index in [1.54, 1.807) is 23.3 Å². The van der Waals surface area contributed by atoms with Crippen LogP contribution < -0.4 is 9.96 Å². The summed E-state index contributed by atoms with van der Waals surface area (Å²) in [5.74, 6) is -1.46. The fourth-order valence-corrected chi connectivity index (χ4v) is 4.64. The fraction of sp³-hybridized carbons (Fsp3) is 0.130. The van der Waals surface area contributed by atoms with E-state index in [9.17, 15) is 9.59 Å². The largest absolute Gasteiger partial charge is 0.273 e. The van der Waals surface area contributed by atoms with Crippen LogP contribution in [0.3, 0.4) is 0 Å². The van der Waals surface area contributed by atoms with Crippen molar-refractivity contribution >= 4 is 46.4 Å². The Labute approximate surface area is 183 Å². The van der Waals surface area contributed by atoms with E-state index in [1.807, 2.05) is 60.7 Å². The summed E-state index contributed by atoms with van der Waals surface area (Å²) in [4.78, 5) is 34.0. The molecule has 0 aromatic heterocycles. The quantitative estimate of drug-likeness (QED) is 0.537. The zero-order valence-electron chi connectivity index (χ0n) is 15.6. The van der Waals surface area contributed by atoms with Crippen LogP contribution in [0, 0.1) is 5.92 Å².